The van der Waals surface area contributed by atoms with Crippen LogP contribution in [0.5, 0.6) is 0 Å². The maximum atomic E-state index is 10.1. The number of carboxylic acids is 1. The van der Waals surface area contributed by atoms with Crippen LogP contribution in [-0.4, -0.2) is 34.0 Å². The summed E-state index contributed by atoms with van der Waals surface area (Å²) < 4.78 is 0. The molecule has 0 heterocycles. The molecule has 0 aromatic heterocycles. The second kappa shape index (κ2) is 7.06. The predicted octanol–water partition coefficient (Wildman–Crippen LogP) is 0.375. The van der Waals surface area contributed by atoms with Crippen LogP contribution in [0.25, 0.3) is 0 Å². The van der Waals surface area contributed by atoms with Gasteiger partial charge in [0.2, 0.25) is 0 Å². The van der Waals surface area contributed by atoms with E-state index in [0.29, 0.717) is 6.42 Å². The zero-order chi connectivity index (χ0) is 9.40. The molecule has 0 aliphatic heterocycles. The molecule has 4 nitrogen and oxygen atoms in total. The van der Waals surface area contributed by atoms with Crippen molar-refractivity contribution in [3.8, 4) is 0 Å². The summed E-state index contributed by atoms with van der Waals surface area (Å²) in [6, 6.07) is 0. The molecular formula is C8H16O4. The molecule has 72 valence electrons. The molecule has 0 aliphatic rings. The summed E-state index contributed by atoms with van der Waals surface area (Å²) in [4.78, 5) is 10.1. The van der Waals surface area contributed by atoms with Crippen molar-refractivity contribution in [3.05, 3.63) is 0 Å². The van der Waals surface area contributed by atoms with Crippen molar-refractivity contribution in [3.63, 3.8) is 0 Å². The van der Waals surface area contributed by atoms with Gasteiger partial charge in [0.05, 0.1) is 12.5 Å². The highest BCUT2D eigenvalue weighted by Gasteiger charge is 2.07. The van der Waals surface area contributed by atoms with Gasteiger partial charge in [-0.05, 0) is 12.8 Å². The number of rotatable bonds is 7. The number of aliphatic hydroxyl groups excluding tert-OH is 2. The van der Waals surface area contributed by atoms with Crippen LogP contribution in [0.2, 0.25) is 0 Å². The van der Waals surface area contributed by atoms with Crippen LogP contribution in [0.15, 0.2) is 0 Å². The van der Waals surface area contributed by atoms with Crippen molar-refractivity contribution in [1.29, 1.82) is 0 Å². The van der Waals surface area contributed by atoms with Gasteiger partial charge in [-0.15, -0.1) is 0 Å². The van der Waals surface area contributed by atoms with Gasteiger partial charge in [-0.3, -0.25) is 4.79 Å². The summed E-state index contributed by atoms with van der Waals surface area (Å²) >= 11 is 0. The lowest BCUT2D eigenvalue weighted by molar-refractivity contribution is -0.139. The van der Waals surface area contributed by atoms with Gasteiger partial charge in [-0.1, -0.05) is 12.8 Å². The van der Waals surface area contributed by atoms with E-state index in [0.717, 1.165) is 19.3 Å². The number of carboxylic acid groups (broad SMARTS) is 1. The quantitative estimate of drug-likeness (QED) is 0.490. The van der Waals surface area contributed by atoms with Crippen LogP contribution >= 0.6 is 0 Å². The van der Waals surface area contributed by atoms with E-state index in [1.807, 2.05) is 0 Å². The van der Waals surface area contributed by atoms with Gasteiger partial charge in [0.25, 0.3) is 0 Å². The number of carbonyl (C=O) groups is 1. The fourth-order valence-corrected chi connectivity index (χ4v) is 0.972. The first-order valence-electron chi connectivity index (χ1n) is 4.17. The Labute approximate surface area is 71.8 Å². The Bertz CT molecular complexity index is 124. The van der Waals surface area contributed by atoms with E-state index in [2.05, 4.69) is 0 Å². The van der Waals surface area contributed by atoms with Crippen molar-refractivity contribution < 1.29 is 20.1 Å². The molecule has 0 saturated heterocycles. The Balaban J connectivity index is 3.19. The SMILES string of the molecule is O=C(O)CC(O)CCCCCO. The Morgan fingerprint density at radius 2 is 1.92 bits per heavy atom. The Kier molecular flexibility index (Phi) is 6.70. The first kappa shape index (κ1) is 11.4. The molecule has 0 aromatic rings. The van der Waals surface area contributed by atoms with Crippen molar-refractivity contribution in [1.82, 2.24) is 0 Å². The maximum absolute atomic E-state index is 10.1. The van der Waals surface area contributed by atoms with Gasteiger partial charge in [0, 0.05) is 6.61 Å². The summed E-state index contributed by atoms with van der Waals surface area (Å²) in [5.74, 6) is -0.968. The van der Waals surface area contributed by atoms with Crippen LogP contribution in [-0.2, 0) is 4.79 Å². The molecule has 4 heteroatoms. The number of hydrogen-bond donors (Lipinski definition) is 3. The smallest absolute Gasteiger partial charge is 0.305 e. The van der Waals surface area contributed by atoms with E-state index in [1.165, 1.54) is 0 Å². The summed E-state index contributed by atoms with van der Waals surface area (Å²) in [5.41, 5.74) is 0. The number of aliphatic carboxylic acids is 1. The third-order valence-corrected chi connectivity index (χ3v) is 1.61. The largest absolute Gasteiger partial charge is 0.481 e. The minimum atomic E-state index is -0.968. The normalized spacial score (nSPS) is 12.8. The minimum Gasteiger partial charge on any atom is -0.481 e. The summed E-state index contributed by atoms with van der Waals surface area (Å²) in [6.45, 7) is 0.162. The van der Waals surface area contributed by atoms with Gasteiger partial charge in [0.15, 0.2) is 0 Å². The van der Waals surface area contributed by atoms with E-state index in [9.17, 15) is 4.79 Å². The molecule has 0 rings (SSSR count). The molecule has 0 amide bonds. The third-order valence-electron chi connectivity index (χ3n) is 1.61. The molecular weight excluding hydrogens is 160 g/mol. The molecule has 0 fully saturated rings. The Morgan fingerprint density at radius 3 is 2.42 bits per heavy atom. The number of hydrogen-bond acceptors (Lipinski definition) is 3. The topological polar surface area (TPSA) is 77.8 Å². The third kappa shape index (κ3) is 7.50. The second-order valence-corrected chi connectivity index (χ2v) is 2.82. The van der Waals surface area contributed by atoms with Gasteiger partial charge in [0.1, 0.15) is 0 Å². The highest BCUT2D eigenvalue weighted by Crippen LogP contribution is 2.05. The summed E-state index contributed by atoms with van der Waals surface area (Å²) in [5, 5.41) is 25.8. The van der Waals surface area contributed by atoms with Crippen molar-refractivity contribution in [2.45, 2.75) is 38.2 Å². The molecule has 0 spiro atoms. The van der Waals surface area contributed by atoms with Gasteiger partial charge in [-0.25, -0.2) is 0 Å². The van der Waals surface area contributed by atoms with Crippen LogP contribution < -0.4 is 0 Å². The monoisotopic (exact) mass is 176 g/mol. The average Bonchev–Trinajstić information content (AvgIpc) is 1.97. The highest BCUT2D eigenvalue weighted by atomic mass is 16.4. The second-order valence-electron chi connectivity index (χ2n) is 2.82. The lowest BCUT2D eigenvalue weighted by atomic mass is 10.1. The minimum absolute atomic E-state index is 0.162. The lowest BCUT2D eigenvalue weighted by Gasteiger charge is -2.06. The number of unbranched alkanes of at least 4 members (excludes halogenated alkanes) is 2. The Morgan fingerprint density at radius 1 is 1.25 bits per heavy atom. The first-order chi connectivity index (χ1) is 5.66. The molecule has 0 bridgehead atoms. The van der Waals surface area contributed by atoms with E-state index >= 15 is 0 Å². The lowest BCUT2D eigenvalue weighted by Crippen LogP contribution is -2.12. The number of aliphatic hydroxyl groups is 2. The van der Waals surface area contributed by atoms with E-state index < -0.39 is 12.1 Å². The van der Waals surface area contributed by atoms with Crippen LogP contribution in [0, 0.1) is 0 Å². The Hall–Kier alpha value is -0.610. The zero-order valence-electron chi connectivity index (χ0n) is 7.07. The standard InChI is InChI=1S/C8H16O4/c9-5-3-1-2-4-7(10)6-8(11)12/h7,9-10H,1-6H2,(H,11,12). The van der Waals surface area contributed by atoms with Gasteiger partial charge >= 0.3 is 5.97 Å². The summed E-state index contributed by atoms with van der Waals surface area (Å²) in [6.07, 6.45) is 1.93. The predicted molar refractivity (Wildman–Crippen MR) is 43.8 cm³/mol. The fraction of sp³-hybridized carbons (Fsp3) is 0.875. The first-order valence-corrected chi connectivity index (χ1v) is 4.17. The molecule has 1 unspecified atom stereocenters. The summed E-state index contributed by atoms with van der Waals surface area (Å²) in [7, 11) is 0. The van der Waals surface area contributed by atoms with E-state index in [4.69, 9.17) is 15.3 Å². The molecule has 12 heavy (non-hydrogen) atoms. The van der Waals surface area contributed by atoms with E-state index in [1.54, 1.807) is 0 Å². The average molecular weight is 176 g/mol. The molecule has 0 aromatic carbocycles. The van der Waals surface area contributed by atoms with Crippen molar-refractivity contribution >= 4 is 5.97 Å². The van der Waals surface area contributed by atoms with Gasteiger partial charge < -0.3 is 15.3 Å². The van der Waals surface area contributed by atoms with Gasteiger partial charge in [-0.2, -0.15) is 0 Å². The molecule has 1 atom stereocenters. The van der Waals surface area contributed by atoms with Crippen molar-refractivity contribution in [2.75, 3.05) is 6.61 Å². The van der Waals surface area contributed by atoms with Crippen molar-refractivity contribution in [2.24, 2.45) is 0 Å². The molecule has 3 N–H and O–H groups in total. The fourth-order valence-electron chi connectivity index (χ4n) is 0.972. The maximum Gasteiger partial charge on any atom is 0.305 e. The van der Waals surface area contributed by atoms with Crippen LogP contribution in [0.1, 0.15) is 32.1 Å². The zero-order valence-corrected chi connectivity index (χ0v) is 7.07. The molecule has 0 radical (unpaired) electrons. The molecule has 0 saturated carbocycles. The van der Waals surface area contributed by atoms with Crippen LogP contribution in [0.4, 0.5) is 0 Å². The highest BCUT2D eigenvalue weighted by molar-refractivity contribution is 5.67. The van der Waals surface area contributed by atoms with E-state index in [-0.39, 0.29) is 13.0 Å². The molecule has 0 aliphatic carbocycles. The van der Waals surface area contributed by atoms with Crippen LogP contribution in [0.3, 0.4) is 0 Å².